The van der Waals surface area contributed by atoms with E-state index in [2.05, 4.69) is 0 Å². The fourth-order valence-corrected chi connectivity index (χ4v) is 2.05. The van der Waals surface area contributed by atoms with Crippen LogP contribution in [0.3, 0.4) is 0 Å². The van der Waals surface area contributed by atoms with E-state index in [0.29, 0.717) is 19.3 Å². The van der Waals surface area contributed by atoms with Crippen molar-refractivity contribution in [2.24, 2.45) is 0 Å². The molecule has 0 spiro atoms. The molecule has 1 N–H and O–H groups in total. The first-order chi connectivity index (χ1) is 8.93. The lowest BCUT2D eigenvalue weighted by Gasteiger charge is -2.28. The van der Waals surface area contributed by atoms with Crippen LogP contribution in [0.1, 0.15) is 25.7 Å². The van der Waals surface area contributed by atoms with Crippen molar-refractivity contribution in [2.75, 3.05) is 0 Å². The molecule has 1 fully saturated rings. The van der Waals surface area contributed by atoms with Gasteiger partial charge < -0.3 is 9.84 Å². The molecule has 0 aromatic heterocycles. The summed E-state index contributed by atoms with van der Waals surface area (Å²) in [7, 11) is 0. The molecular weight excluding hydrogens is 271 g/mol. The third-order valence-electron chi connectivity index (χ3n) is 3.11. The minimum Gasteiger partial charge on any atom is -0.481 e. The minimum atomic E-state index is -2.23. The van der Waals surface area contributed by atoms with Gasteiger partial charge in [-0.3, -0.25) is 0 Å². The standard InChI is InChI=1S/C12H11F5O2/c13-7-8(14)10(16)12(11(17)9(7)15)19-6-4-2-1-3-5(6)18/h5-6,18H,1-4H2. The summed E-state index contributed by atoms with van der Waals surface area (Å²) < 4.78 is 70.2. The maximum atomic E-state index is 13.4. The van der Waals surface area contributed by atoms with E-state index in [-0.39, 0.29) is 0 Å². The zero-order valence-corrected chi connectivity index (χ0v) is 9.73. The van der Waals surface area contributed by atoms with Crippen molar-refractivity contribution >= 4 is 0 Å². The molecule has 0 bridgehead atoms. The number of hydrogen-bond acceptors (Lipinski definition) is 2. The summed E-state index contributed by atoms with van der Waals surface area (Å²) in [4.78, 5) is 0. The number of aliphatic hydroxyl groups excluding tert-OH is 1. The predicted octanol–water partition coefficient (Wildman–Crippen LogP) is 3.06. The van der Waals surface area contributed by atoms with Gasteiger partial charge in [0.1, 0.15) is 6.10 Å². The smallest absolute Gasteiger partial charge is 0.207 e. The summed E-state index contributed by atoms with van der Waals surface area (Å²) in [6.07, 6.45) is 0.0708. The molecule has 1 aliphatic rings. The number of hydrogen-bond donors (Lipinski definition) is 1. The molecule has 2 nitrogen and oxygen atoms in total. The van der Waals surface area contributed by atoms with Crippen molar-refractivity contribution in [3.8, 4) is 5.75 Å². The summed E-state index contributed by atoms with van der Waals surface area (Å²) in [5, 5.41) is 9.57. The molecule has 19 heavy (non-hydrogen) atoms. The van der Waals surface area contributed by atoms with Crippen LogP contribution in [0.2, 0.25) is 0 Å². The van der Waals surface area contributed by atoms with Gasteiger partial charge in [-0.25, -0.2) is 13.2 Å². The molecule has 106 valence electrons. The Morgan fingerprint density at radius 2 is 1.26 bits per heavy atom. The topological polar surface area (TPSA) is 29.5 Å². The van der Waals surface area contributed by atoms with Gasteiger partial charge in [-0.15, -0.1) is 0 Å². The molecule has 7 heteroatoms. The van der Waals surface area contributed by atoms with Crippen molar-refractivity contribution in [1.82, 2.24) is 0 Å². The first kappa shape index (κ1) is 14.0. The first-order valence-electron chi connectivity index (χ1n) is 5.79. The largest absolute Gasteiger partial charge is 0.481 e. The second kappa shape index (κ2) is 5.32. The van der Waals surface area contributed by atoms with E-state index in [1.165, 1.54) is 0 Å². The Morgan fingerprint density at radius 1 is 0.789 bits per heavy atom. The quantitative estimate of drug-likeness (QED) is 0.513. The molecular formula is C12H11F5O2. The Kier molecular flexibility index (Phi) is 3.93. The van der Waals surface area contributed by atoms with E-state index in [1.54, 1.807) is 0 Å². The van der Waals surface area contributed by atoms with E-state index < -0.39 is 47.0 Å². The van der Waals surface area contributed by atoms with E-state index in [9.17, 15) is 27.1 Å². The molecule has 0 radical (unpaired) electrons. The Balaban J connectivity index is 2.34. The van der Waals surface area contributed by atoms with Crippen LogP contribution in [0, 0.1) is 29.1 Å². The molecule has 1 aliphatic carbocycles. The normalized spacial score (nSPS) is 23.5. The molecule has 1 saturated carbocycles. The molecule has 0 amide bonds. The molecule has 0 heterocycles. The van der Waals surface area contributed by atoms with Gasteiger partial charge in [0.25, 0.3) is 0 Å². The summed E-state index contributed by atoms with van der Waals surface area (Å²) in [6.45, 7) is 0. The number of rotatable bonds is 2. The van der Waals surface area contributed by atoms with Gasteiger partial charge in [-0.05, 0) is 19.3 Å². The van der Waals surface area contributed by atoms with E-state index >= 15 is 0 Å². The summed E-state index contributed by atoms with van der Waals surface area (Å²) >= 11 is 0. The summed E-state index contributed by atoms with van der Waals surface area (Å²) in [6, 6.07) is 0. The maximum Gasteiger partial charge on any atom is 0.207 e. The second-order valence-corrected chi connectivity index (χ2v) is 4.41. The maximum absolute atomic E-state index is 13.4. The van der Waals surface area contributed by atoms with Crippen LogP contribution in [-0.2, 0) is 0 Å². The molecule has 1 aromatic carbocycles. The van der Waals surface area contributed by atoms with Crippen LogP contribution in [0.15, 0.2) is 0 Å². The van der Waals surface area contributed by atoms with Crippen LogP contribution in [0.4, 0.5) is 22.0 Å². The molecule has 1 aromatic rings. The van der Waals surface area contributed by atoms with Crippen molar-refractivity contribution in [3.05, 3.63) is 29.1 Å². The Bertz CT molecular complexity index is 462. The zero-order valence-electron chi connectivity index (χ0n) is 9.73. The Morgan fingerprint density at radius 3 is 1.79 bits per heavy atom. The lowest BCUT2D eigenvalue weighted by atomic mass is 9.95. The van der Waals surface area contributed by atoms with E-state index in [4.69, 9.17) is 4.74 Å². The number of halogens is 5. The SMILES string of the molecule is OC1CCCCC1Oc1c(F)c(F)c(F)c(F)c1F. The Labute approximate surface area is 105 Å². The molecule has 2 rings (SSSR count). The first-order valence-corrected chi connectivity index (χ1v) is 5.79. The fourth-order valence-electron chi connectivity index (χ4n) is 2.05. The molecule has 2 atom stereocenters. The third kappa shape index (κ3) is 2.51. The lowest BCUT2D eigenvalue weighted by Crippen LogP contribution is -2.35. The van der Waals surface area contributed by atoms with Gasteiger partial charge in [0, 0.05) is 0 Å². The van der Waals surface area contributed by atoms with Crippen LogP contribution in [0.25, 0.3) is 0 Å². The summed E-state index contributed by atoms with van der Waals surface area (Å²) in [5.74, 6) is -11.7. The average Bonchev–Trinajstić information content (AvgIpc) is 2.41. The second-order valence-electron chi connectivity index (χ2n) is 4.41. The van der Waals surface area contributed by atoms with Gasteiger partial charge >= 0.3 is 0 Å². The number of benzene rings is 1. The van der Waals surface area contributed by atoms with Crippen LogP contribution < -0.4 is 4.74 Å². The monoisotopic (exact) mass is 282 g/mol. The number of ether oxygens (including phenoxy) is 1. The minimum absolute atomic E-state index is 0.292. The van der Waals surface area contributed by atoms with E-state index in [1.807, 2.05) is 0 Å². The highest BCUT2D eigenvalue weighted by Gasteiger charge is 2.31. The fraction of sp³-hybridized carbons (Fsp3) is 0.500. The highest BCUT2D eigenvalue weighted by Crippen LogP contribution is 2.32. The van der Waals surface area contributed by atoms with Crippen molar-refractivity contribution < 1.29 is 31.8 Å². The number of aliphatic hydroxyl groups is 1. The van der Waals surface area contributed by atoms with Crippen LogP contribution >= 0.6 is 0 Å². The average molecular weight is 282 g/mol. The predicted molar refractivity (Wildman–Crippen MR) is 55.1 cm³/mol. The molecule has 0 aliphatic heterocycles. The van der Waals surface area contributed by atoms with Crippen molar-refractivity contribution in [2.45, 2.75) is 37.9 Å². The van der Waals surface area contributed by atoms with Gasteiger partial charge in [0.15, 0.2) is 5.75 Å². The molecule has 0 saturated heterocycles. The zero-order chi connectivity index (χ0) is 14.2. The van der Waals surface area contributed by atoms with Gasteiger partial charge in [0.05, 0.1) is 6.10 Å². The van der Waals surface area contributed by atoms with Crippen molar-refractivity contribution in [1.29, 1.82) is 0 Å². The van der Waals surface area contributed by atoms with E-state index in [0.717, 1.165) is 6.42 Å². The van der Waals surface area contributed by atoms with Gasteiger partial charge in [-0.1, -0.05) is 6.42 Å². The van der Waals surface area contributed by atoms with Gasteiger partial charge in [-0.2, -0.15) is 8.78 Å². The highest BCUT2D eigenvalue weighted by molar-refractivity contribution is 5.30. The third-order valence-corrected chi connectivity index (χ3v) is 3.11. The molecule has 2 unspecified atom stereocenters. The summed E-state index contributed by atoms with van der Waals surface area (Å²) in [5.41, 5.74) is 0. The lowest BCUT2D eigenvalue weighted by molar-refractivity contribution is 0.00197. The van der Waals surface area contributed by atoms with Crippen molar-refractivity contribution in [3.63, 3.8) is 0 Å². The van der Waals surface area contributed by atoms with Crippen LogP contribution in [0.5, 0.6) is 5.75 Å². The Hall–Kier alpha value is -1.37. The highest BCUT2D eigenvalue weighted by atomic mass is 19.2. The van der Waals surface area contributed by atoms with Gasteiger partial charge in [0.2, 0.25) is 29.1 Å². The van der Waals surface area contributed by atoms with Crippen LogP contribution in [-0.4, -0.2) is 17.3 Å².